The van der Waals surface area contributed by atoms with Gasteiger partial charge in [0, 0.05) is 59.9 Å². The van der Waals surface area contributed by atoms with Crippen molar-refractivity contribution in [2.75, 3.05) is 23.7 Å². The monoisotopic (exact) mass is 743 g/mol. The number of aryl methyl sites for hydroxylation is 1. The first-order valence-electron chi connectivity index (χ1n) is 17.7. The molecule has 12 nitrogen and oxygen atoms in total. The maximum Gasteiger partial charge on any atom is 0.410 e. The molecule has 2 N–H and O–H groups in total. The molecule has 0 spiro atoms. The van der Waals surface area contributed by atoms with Crippen LogP contribution in [0.15, 0.2) is 120 Å². The van der Waals surface area contributed by atoms with Gasteiger partial charge >= 0.3 is 12.1 Å². The summed E-state index contributed by atoms with van der Waals surface area (Å²) in [6, 6.07) is 28.3. The molecule has 1 aliphatic rings. The summed E-state index contributed by atoms with van der Waals surface area (Å²) < 4.78 is 37.7. The first kappa shape index (κ1) is 36.2. The van der Waals surface area contributed by atoms with Crippen LogP contribution in [0.1, 0.15) is 39.8 Å². The lowest BCUT2D eigenvalue weighted by molar-refractivity contribution is 0.0270. The van der Waals surface area contributed by atoms with Gasteiger partial charge in [0.2, 0.25) is 0 Å². The number of benzene rings is 3. The first-order valence-corrected chi connectivity index (χ1v) is 19.1. The number of anilines is 2. The number of fused-ring (bicyclic) bond motifs is 1. The largest absolute Gasteiger partial charge is 0.444 e. The van der Waals surface area contributed by atoms with Crippen LogP contribution in [-0.2, 0) is 21.3 Å². The topological polar surface area (TPSA) is 140 Å². The summed E-state index contributed by atoms with van der Waals surface area (Å²) in [6.45, 7) is 8.70. The lowest BCUT2D eigenvalue weighted by Crippen LogP contribution is -2.39. The van der Waals surface area contributed by atoms with Crippen LogP contribution >= 0.6 is 0 Å². The summed E-state index contributed by atoms with van der Waals surface area (Å²) in [6.07, 6.45) is 5.44. The highest BCUT2D eigenvalue weighted by atomic mass is 32.2. The number of nitrogens with one attached hydrogen (secondary N) is 2. The molecule has 0 bridgehead atoms. The molecule has 6 aromatic rings. The molecule has 3 aromatic carbocycles. The molecule has 4 heterocycles. The molecule has 3 amide bonds. The smallest absolute Gasteiger partial charge is 0.410 e. The Bertz CT molecular complexity index is 2470. The zero-order valence-electron chi connectivity index (χ0n) is 30.5. The molecule has 7 rings (SSSR count). The van der Waals surface area contributed by atoms with Gasteiger partial charge in [-0.05, 0) is 93.8 Å². The molecule has 0 saturated heterocycles. The maximum absolute atomic E-state index is 14.5. The van der Waals surface area contributed by atoms with Gasteiger partial charge in [0.05, 0.1) is 10.6 Å². The van der Waals surface area contributed by atoms with E-state index in [1.165, 1.54) is 3.97 Å². The molecule has 1 aliphatic heterocycles. The normalized spacial score (nSPS) is 13.4. The summed E-state index contributed by atoms with van der Waals surface area (Å²) in [4.78, 5) is 31.9. The Morgan fingerprint density at radius 3 is 2.17 bits per heavy atom. The molecule has 0 saturated carbocycles. The number of hydrogen-bond acceptors (Lipinski definition) is 7. The molecular formula is C41H41N7O5S. The van der Waals surface area contributed by atoms with Crippen LogP contribution < -0.4 is 10.6 Å². The molecule has 3 aromatic heterocycles. The van der Waals surface area contributed by atoms with Crippen molar-refractivity contribution in [1.29, 1.82) is 0 Å². The van der Waals surface area contributed by atoms with Crippen molar-refractivity contribution in [3.05, 3.63) is 121 Å². The Morgan fingerprint density at radius 1 is 0.870 bits per heavy atom. The average Bonchev–Trinajstić information content (AvgIpc) is 3.78. The van der Waals surface area contributed by atoms with E-state index >= 15 is 0 Å². The Hall–Kier alpha value is -6.21. The highest BCUT2D eigenvalue weighted by Gasteiger charge is 2.30. The van der Waals surface area contributed by atoms with E-state index in [2.05, 4.69) is 15.6 Å². The van der Waals surface area contributed by atoms with Crippen LogP contribution in [-0.4, -0.2) is 62.9 Å². The number of pyridine rings is 1. The molecule has 54 heavy (non-hydrogen) atoms. The SMILES string of the molecule is CCn1cc(-c2ccnc3c2cc(C2=CCN(C(=O)OC(C)(C)C)CC2)n3S(=O)(=O)c2ccccc2)c(-c2ccc(NC(=O)Nc3ccccc3)cc2)n1. The molecule has 0 atom stereocenters. The Morgan fingerprint density at radius 2 is 1.54 bits per heavy atom. The van der Waals surface area contributed by atoms with E-state index in [0.29, 0.717) is 47.7 Å². The van der Waals surface area contributed by atoms with Crippen LogP contribution in [0.3, 0.4) is 0 Å². The number of urea groups is 1. The van der Waals surface area contributed by atoms with Crippen LogP contribution in [0.2, 0.25) is 0 Å². The number of ether oxygens (including phenoxy) is 1. The zero-order valence-corrected chi connectivity index (χ0v) is 31.3. The van der Waals surface area contributed by atoms with Gasteiger partial charge in [-0.1, -0.05) is 54.6 Å². The first-order chi connectivity index (χ1) is 25.9. The maximum atomic E-state index is 14.5. The van der Waals surface area contributed by atoms with Crippen molar-refractivity contribution in [3.8, 4) is 22.4 Å². The number of para-hydroxylation sites is 1. The van der Waals surface area contributed by atoms with Gasteiger partial charge in [0.1, 0.15) is 11.3 Å². The minimum absolute atomic E-state index is 0.133. The van der Waals surface area contributed by atoms with Gasteiger partial charge in [-0.15, -0.1) is 0 Å². The number of nitrogens with zero attached hydrogens (tertiary/aromatic N) is 5. The van der Waals surface area contributed by atoms with Crippen molar-refractivity contribution < 1.29 is 22.7 Å². The molecule has 0 fully saturated rings. The second kappa shape index (κ2) is 14.7. The Labute approximate surface area is 314 Å². The molecule has 13 heteroatoms. The standard InChI is InChI=1S/C41H41N7O5S/c1-5-47-27-35(37(45-47)29-16-18-31(19-17-29)44-39(49)43-30-12-8-6-9-13-30)33-20-23-42-38-34(33)26-36(48(38)54(51,52)32-14-10-7-11-15-32)28-21-24-46(25-22-28)40(50)53-41(2,3)4/h6-21,23,26-27H,5,22,24-25H2,1-4H3,(H2,43,44,49). The van der Waals surface area contributed by atoms with E-state index in [4.69, 9.17) is 9.84 Å². The Kier molecular flexibility index (Phi) is 9.82. The fourth-order valence-electron chi connectivity index (χ4n) is 6.39. The summed E-state index contributed by atoms with van der Waals surface area (Å²) in [5.41, 5.74) is 5.24. The van der Waals surface area contributed by atoms with E-state index in [0.717, 1.165) is 22.3 Å². The van der Waals surface area contributed by atoms with Gasteiger partial charge < -0.3 is 20.3 Å². The van der Waals surface area contributed by atoms with Crippen LogP contribution in [0.5, 0.6) is 0 Å². The lowest BCUT2D eigenvalue weighted by Gasteiger charge is -2.29. The van der Waals surface area contributed by atoms with Gasteiger partial charge in [0.15, 0.2) is 5.65 Å². The summed E-state index contributed by atoms with van der Waals surface area (Å²) in [5, 5.41) is 11.2. The average molecular weight is 744 g/mol. The third kappa shape index (κ3) is 7.48. The predicted octanol–water partition coefficient (Wildman–Crippen LogP) is 8.49. The number of carbonyl (C=O) groups is 2. The van der Waals surface area contributed by atoms with Crippen molar-refractivity contribution in [2.45, 2.75) is 51.2 Å². The molecule has 0 unspecified atom stereocenters. The quantitative estimate of drug-likeness (QED) is 0.159. The fraction of sp³-hybridized carbons (Fsp3) is 0.220. The number of amides is 3. The van der Waals surface area contributed by atoms with E-state index in [-0.39, 0.29) is 23.1 Å². The second-order valence-electron chi connectivity index (χ2n) is 13.9. The molecule has 0 aliphatic carbocycles. The Balaban J connectivity index is 1.29. The van der Waals surface area contributed by atoms with Gasteiger partial charge in [-0.25, -0.2) is 27.0 Å². The number of rotatable bonds is 8. The van der Waals surface area contributed by atoms with Crippen LogP contribution in [0, 0.1) is 0 Å². The third-order valence-electron chi connectivity index (χ3n) is 8.96. The number of hydrogen-bond donors (Lipinski definition) is 2. The van der Waals surface area contributed by atoms with Gasteiger partial charge in [0.25, 0.3) is 10.0 Å². The number of carbonyl (C=O) groups excluding carboxylic acids is 2. The third-order valence-corrected chi connectivity index (χ3v) is 10.7. The van der Waals surface area contributed by atoms with Gasteiger partial charge in [-0.2, -0.15) is 5.10 Å². The highest BCUT2D eigenvalue weighted by Crippen LogP contribution is 2.39. The van der Waals surface area contributed by atoms with Gasteiger partial charge in [-0.3, -0.25) is 4.68 Å². The zero-order chi connectivity index (χ0) is 38.0. The van der Waals surface area contributed by atoms with Crippen molar-refractivity contribution >= 4 is 50.1 Å². The molecule has 0 radical (unpaired) electrons. The summed E-state index contributed by atoms with van der Waals surface area (Å²) in [7, 11) is -4.10. The molecular weight excluding hydrogens is 703 g/mol. The van der Waals surface area contributed by atoms with E-state index in [1.807, 2.05) is 111 Å². The second-order valence-corrected chi connectivity index (χ2v) is 15.7. The van der Waals surface area contributed by atoms with Crippen molar-refractivity contribution in [1.82, 2.24) is 23.6 Å². The van der Waals surface area contributed by atoms with Crippen LogP contribution in [0.25, 0.3) is 39.0 Å². The predicted molar refractivity (Wildman–Crippen MR) is 211 cm³/mol. The number of aromatic nitrogens is 4. The summed E-state index contributed by atoms with van der Waals surface area (Å²) in [5.74, 6) is 0. The summed E-state index contributed by atoms with van der Waals surface area (Å²) >= 11 is 0. The van der Waals surface area contributed by atoms with Crippen molar-refractivity contribution in [2.24, 2.45) is 0 Å². The van der Waals surface area contributed by atoms with E-state index in [1.54, 1.807) is 41.4 Å². The van der Waals surface area contributed by atoms with Crippen molar-refractivity contribution in [3.63, 3.8) is 0 Å². The molecule has 276 valence electrons. The lowest BCUT2D eigenvalue weighted by atomic mass is 9.99. The van der Waals surface area contributed by atoms with E-state index < -0.39 is 21.7 Å². The minimum atomic E-state index is -4.10. The van der Waals surface area contributed by atoms with Crippen LogP contribution in [0.4, 0.5) is 21.0 Å². The minimum Gasteiger partial charge on any atom is -0.444 e. The highest BCUT2D eigenvalue weighted by molar-refractivity contribution is 7.90. The fourth-order valence-corrected chi connectivity index (χ4v) is 7.90. The van der Waals surface area contributed by atoms with E-state index in [9.17, 15) is 18.0 Å².